The number of likely N-dealkylation sites (tertiary alicyclic amines) is 1. The molecule has 7 nitrogen and oxygen atoms in total. The van der Waals surface area contributed by atoms with E-state index in [2.05, 4.69) is 25.2 Å². The molecule has 0 spiro atoms. The molecule has 3 aliphatic rings. The molecule has 1 aliphatic heterocycles. The highest BCUT2D eigenvalue weighted by molar-refractivity contribution is 6.42. The molecule has 4 atom stereocenters. The Morgan fingerprint density at radius 2 is 1.77 bits per heavy atom. The summed E-state index contributed by atoms with van der Waals surface area (Å²) >= 11 is 12.3. The van der Waals surface area contributed by atoms with Gasteiger partial charge in [-0.25, -0.2) is 0 Å². The number of carbonyl (C=O) groups excluding carboxylic acids is 3. The maximum atomic E-state index is 13.3. The number of nitrogens with zero attached hydrogens (tertiary/aromatic N) is 1. The Bertz CT molecular complexity index is 1410. The zero-order chi connectivity index (χ0) is 31.7. The molecule has 5 rings (SSSR count). The fraction of sp³-hybridized carbons (Fsp3) is 0.571. The fourth-order valence-corrected chi connectivity index (χ4v) is 8.54. The van der Waals surface area contributed by atoms with Gasteiger partial charge in [-0.15, -0.1) is 0 Å². The molecule has 9 heteroatoms. The summed E-state index contributed by atoms with van der Waals surface area (Å²) in [6.45, 7) is 11.3. The van der Waals surface area contributed by atoms with E-state index in [-0.39, 0.29) is 30.3 Å². The first-order chi connectivity index (χ1) is 20.8. The minimum absolute atomic E-state index is 0.0910. The van der Waals surface area contributed by atoms with Gasteiger partial charge in [-0.05, 0) is 67.5 Å². The highest BCUT2D eigenvalue weighted by Crippen LogP contribution is 2.56. The predicted octanol–water partition coefficient (Wildman–Crippen LogP) is 6.66. The summed E-state index contributed by atoms with van der Waals surface area (Å²) < 4.78 is 13.0. The Kier molecular flexibility index (Phi) is 9.69. The number of piperidine rings is 1. The van der Waals surface area contributed by atoms with Crippen LogP contribution < -0.4 is 10.1 Å². The number of ether oxygens (including phenoxy) is 2. The third kappa shape index (κ3) is 7.27. The Hall–Kier alpha value is -2.61. The number of esters is 2. The van der Waals surface area contributed by atoms with Crippen LogP contribution in [-0.4, -0.2) is 60.2 Å². The van der Waals surface area contributed by atoms with Crippen LogP contribution in [0.3, 0.4) is 0 Å². The lowest BCUT2D eigenvalue weighted by Crippen LogP contribution is -2.74. The molecule has 1 amide bonds. The summed E-state index contributed by atoms with van der Waals surface area (Å²) in [6.07, 6.45) is 5.45. The number of nitrogens with one attached hydrogen (secondary N) is 1. The molecule has 3 fully saturated rings. The van der Waals surface area contributed by atoms with Gasteiger partial charge in [0.1, 0.15) is 12.3 Å². The first-order valence-corrected chi connectivity index (χ1v) is 16.7. The van der Waals surface area contributed by atoms with Gasteiger partial charge in [0.15, 0.2) is 5.60 Å². The molecule has 0 aromatic heterocycles. The molecule has 1 heterocycles. The van der Waals surface area contributed by atoms with E-state index in [1.165, 1.54) is 26.7 Å². The predicted molar refractivity (Wildman–Crippen MR) is 172 cm³/mol. The average Bonchev–Trinajstić information content (AvgIpc) is 3.74. The van der Waals surface area contributed by atoms with Crippen molar-refractivity contribution in [1.82, 2.24) is 5.32 Å². The first-order valence-electron chi connectivity index (χ1n) is 15.9. The van der Waals surface area contributed by atoms with Crippen LogP contribution in [-0.2, 0) is 31.0 Å². The summed E-state index contributed by atoms with van der Waals surface area (Å²) in [5, 5.41) is 4.17. The summed E-state index contributed by atoms with van der Waals surface area (Å²) in [5.74, 6) is 0.927. The van der Waals surface area contributed by atoms with Gasteiger partial charge in [-0.1, -0.05) is 55.2 Å². The Morgan fingerprint density at radius 1 is 1.00 bits per heavy atom. The summed E-state index contributed by atoms with van der Waals surface area (Å²) in [7, 11) is 0. The zero-order valence-corrected chi connectivity index (χ0v) is 27.8. The van der Waals surface area contributed by atoms with Gasteiger partial charge in [0, 0.05) is 43.6 Å². The molecule has 2 aromatic rings. The number of rotatable bonds is 10. The van der Waals surface area contributed by atoms with Gasteiger partial charge in [0.2, 0.25) is 5.91 Å². The second-order valence-electron chi connectivity index (χ2n) is 13.9. The lowest BCUT2D eigenvalue weighted by molar-refractivity contribution is -0.945. The van der Waals surface area contributed by atoms with Crippen molar-refractivity contribution in [2.45, 2.75) is 89.7 Å². The van der Waals surface area contributed by atoms with Gasteiger partial charge < -0.3 is 19.3 Å². The Morgan fingerprint density at radius 3 is 2.43 bits per heavy atom. The molecule has 1 N–H and O–H groups in total. The average molecular weight is 645 g/mol. The molecule has 0 bridgehead atoms. The van der Waals surface area contributed by atoms with Crippen LogP contribution in [0.4, 0.5) is 0 Å². The number of fused-ring (bicyclic) bond motifs is 1. The van der Waals surface area contributed by atoms with Crippen molar-refractivity contribution in [3.63, 3.8) is 0 Å². The van der Waals surface area contributed by atoms with Gasteiger partial charge in [0.05, 0.1) is 36.1 Å². The van der Waals surface area contributed by atoms with Crippen LogP contribution in [0, 0.1) is 11.8 Å². The van der Waals surface area contributed by atoms with Gasteiger partial charge in [-0.3, -0.25) is 14.4 Å². The largest absolute Gasteiger partial charge is 0.452 e. The van der Waals surface area contributed by atoms with Crippen LogP contribution in [0.15, 0.2) is 42.5 Å². The van der Waals surface area contributed by atoms with Gasteiger partial charge >= 0.3 is 11.9 Å². The molecule has 2 aliphatic carbocycles. The highest BCUT2D eigenvalue weighted by Gasteiger charge is 2.65. The number of benzene rings is 2. The third-order valence-electron chi connectivity index (χ3n) is 9.76. The SMILES string of the molecule is CC(=O)Oc1cccc([C@]23CC[N@+](CC(C)C)(CC4CC4)CC2(OC(C)=O)CC[C@@H](NC(=O)Cc2ccc(Cl)c(Cl)c2)C3)c1. The van der Waals surface area contributed by atoms with E-state index in [0.29, 0.717) is 41.0 Å². The number of amides is 1. The molecular formula is C35H45Cl2N2O5+. The van der Waals surface area contributed by atoms with E-state index in [1.54, 1.807) is 18.2 Å². The van der Waals surface area contributed by atoms with Crippen molar-refractivity contribution in [3.8, 4) is 5.75 Å². The lowest BCUT2D eigenvalue weighted by atomic mass is 9.54. The second kappa shape index (κ2) is 13.0. The topological polar surface area (TPSA) is 81.7 Å². The van der Waals surface area contributed by atoms with E-state index in [0.717, 1.165) is 54.1 Å². The normalized spacial score (nSPS) is 28.2. The van der Waals surface area contributed by atoms with Gasteiger partial charge in [-0.2, -0.15) is 0 Å². The second-order valence-corrected chi connectivity index (χ2v) is 14.7. The zero-order valence-electron chi connectivity index (χ0n) is 26.3. The van der Waals surface area contributed by atoms with Crippen molar-refractivity contribution >= 4 is 41.0 Å². The monoisotopic (exact) mass is 643 g/mol. The number of hydrogen-bond acceptors (Lipinski definition) is 5. The first kappa shape index (κ1) is 32.8. The van der Waals surface area contributed by atoms with Crippen molar-refractivity contribution in [2.24, 2.45) is 11.8 Å². The number of quaternary nitrogens is 1. The molecule has 2 aromatic carbocycles. The highest BCUT2D eigenvalue weighted by atomic mass is 35.5. The van der Waals surface area contributed by atoms with E-state index in [1.807, 2.05) is 18.2 Å². The van der Waals surface area contributed by atoms with Crippen LogP contribution >= 0.6 is 23.2 Å². The quantitative estimate of drug-likeness (QED) is 0.178. The molecular weight excluding hydrogens is 599 g/mol. The van der Waals surface area contributed by atoms with Crippen molar-refractivity contribution in [1.29, 1.82) is 0 Å². The van der Waals surface area contributed by atoms with E-state index in [4.69, 9.17) is 32.7 Å². The Labute approximate surface area is 271 Å². The van der Waals surface area contributed by atoms with Crippen LogP contribution in [0.5, 0.6) is 5.75 Å². The van der Waals surface area contributed by atoms with Crippen LogP contribution in [0.1, 0.15) is 77.3 Å². The van der Waals surface area contributed by atoms with E-state index >= 15 is 0 Å². The van der Waals surface area contributed by atoms with Crippen molar-refractivity contribution < 1.29 is 28.3 Å². The number of carbonyl (C=O) groups is 3. The van der Waals surface area contributed by atoms with Gasteiger partial charge in [0.25, 0.3) is 0 Å². The van der Waals surface area contributed by atoms with Crippen molar-refractivity contribution in [2.75, 3.05) is 26.2 Å². The molecule has 238 valence electrons. The summed E-state index contributed by atoms with van der Waals surface area (Å²) in [4.78, 5) is 38.2. The summed E-state index contributed by atoms with van der Waals surface area (Å²) in [5.41, 5.74) is 0.436. The summed E-state index contributed by atoms with van der Waals surface area (Å²) in [6, 6.07) is 12.8. The number of hydrogen-bond donors (Lipinski definition) is 1. The Balaban J connectivity index is 1.51. The van der Waals surface area contributed by atoms with Crippen LogP contribution in [0.2, 0.25) is 10.0 Å². The van der Waals surface area contributed by atoms with Crippen LogP contribution in [0.25, 0.3) is 0 Å². The standard InChI is InChI=1S/C35H44Cl2N2O5/c1-23(2)20-39(21-26-8-9-26)15-14-34(28-6-5-7-30(18-28)43-24(3)40)19-29(12-13-35(34,22-39)44-25(4)41)38-33(42)17-27-10-11-31(36)32(37)16-27/h5-7,10-11,16,18,23,26,29H,8-9,12-15,17,19-22H2,1-4H3/p+1/t29-,34-,35?,39+/m1/s1. The smallest absolute Gasteiger partial charge is 0.308 e. The maximum Gasteiger partial charge on any atom is 0.308 e. The molecule has 0 radical (unpaired) electrons. The maximum absolute atomic E-state index is 13.3. The number of halogens is 2. The molecule has 44 heavy (non-hydrogen) atoms. The van der Waals surface area contributed by atoms with E-state index < -0.39 is 11.0 Å². The molecule has 1 unspecified atom stereocenters. The fourth-order valence-electron chi connectivity index (χ4n) is 8.21. The minimum Gasteiger partial charge on any atom is -0.452 e. The third-order valence-corrected chi connectivity index (χ3v) is 10.5. The molecule has 1 saturated heterocycles. The minimum atomic E-state index is -0.763. The lowest BCUT2D eigenvalue weighted by Gasteiger charge is -2.62. The van der Waals surface area contributed by atoms with Crippen molar-refractivity contribution in [3.05, 3.63) is 63.6 Å². The van der Waals surface area contributed by atoms with E-state index in [9.17, 15) is 14.4 Å². The molecule has 2 saturated carbocycles.